The Hall–Kier alpha value is -1.75. The number of hydrogen-bond acceptors (Lipinski definition) is 4. The van der Waals surface area contributed by atoms with E-state index in [2.05, 4.69) is 26.2 Å². The smallest absolute Gasteiger partial charge is 0.220 e. The summed E-state index contributed by atoms with van der Waals surface area (Å²) < 4.78 is 8.36. The number of nitrogens with one attached hydrogen (secondary N) is 1. The molecular formula is C14H15N3OS. The molecule has 1 amide bonds. The Labute approximate surface area is 115 Å². The highest BCUT2D eigenvalue weighted by atomic mass is 32.1. The molecule has 1 aliphatic carbocycles. The summed E-state index contributed by atoms with van der Waals surface area (Å²) in [4.78, 5) is 11.8. The molecular weight excluding hydrogens is 258 g/mol. The third kappa shape index (κ3) is 2.98. The van der Waals surface area contributed by atoms with E-state index in [0.29, 0.717) is 18.9 Å². The summed E-state index contributed by atoms with van der Waals surface area (Å²) >= 11 is 1.21. The zero-order chi connectivity index (χ0) is 13.1. The second-order valence-electron chi connectivity index (χ2n) is 4.83. The van der Waals surface area contributed by atoms with Crippen LogP contribution in [0.1, 0.15) is 24.8 Å². The molecule has 0 unspecified atom stereocenters. The average molecular weight is 273 g/mol. The predicted octanol–water partition coefficient (Wildman–Crippen LogP) is 2.66. The van der Waals surface area contributed by atoms with Crippen LogP contribution >= 0.6 is 11.7 Å². The van der Waals surface area contributed by atoms with Crippen LogP contribution in [0.4, 0.5) is 0 Å². The molecule has 0 fully saturated rings. The number of aromatic nitrogens is 2. The third-order valence-corrected chi connectivity index (χ3v) is 3.92. The lowest BCUT2D eigenvalue weighted by Gasteiger charge is -2.08. The van der Waals surface area contributed by atoms with Crippen LogP contribution in [-0.4, -0.2) is 14.7 Å². The Kier molecular flexibility index (Phi) is 3.55. The van der Waals surface area contributed by atoms with E-state index in [1.54, 1.807) is 0 Å². The summed E-state index contributed by atoms with van der Waals surface area (Å²) in [6.07, 6.45) is 7.10. The molecule has 1 aromatic heterocycles. The number of hydrogen-bond donors (Lipinski definition) is 1. The van der Waals surface area contributed by atoms with Crippen molar-refractivity contribution in [3.8, 4) is 0 Å². The van der Waals surface area contributed by atoms with Crippen molar-refractivity contribution in [2.75, 3.05) is 0 Å². The number of carbonyl (C=O) groups is 1. The molecule has 1 heterocycles. The summed E-state index contributed by atoms with van der Waals surface area (Å²) in [6.45, 7) is 0.558. The lowest BCUT2D eigenvalue weighted by Crippen LogP contribution is -2.24. The maximum Gasteiger partial charge on any atom is 0.220 e. The van der Waals surface area contributed by atoms with Crippen LogP contribution in [0, 0.1) is 5.92 Å². The second-order valence-corrected chi connectivity index (χ2v) is 5.36. The van der Waals surface area contributed by atoms with E-state index < -0.39 is 0 Å². The predicted molar refractivity (Wildman–Crippen MR) is 75.7 cm³/mol. The molecule has 0 radical (unpaired) electrons. The number of nitrogens with zero attached hydrogens (tertiary/aromatic N) is 2. The lowest BCUT2D eigenvalue weighted by molar-refractivity contribution is -0.121. The number of benzene rings is 1. The molecule has 0 bridgehead atoms. The first-order chi connectivity index (χ1) is 9.31. The fourth-order valence-electron chi connectivity index (χ4n) is 2.31. The normalized spacial score (nSPS) is 18.0. The number of rotatable bonds is 4. The highest BCUT2D eigenvalue weighted by Crippen LogP contribution is 2.20. The topological polar surface area (TPSA) is 54.9 Å². The van der Waals surface area contributed by atoms with Gasteiger partial charge in [-0.3, -0.25) is 4.79 Å². The molecule has 0 spiro atoms. The van der Waals surface area contributed by atoms with Crippen molar-refractivity contribution in [2.24, 2.45) is 5.92 Å². The Morgan fingerprint density at radius 1 is 1.37 bits per heavy atom. The summed E-state index contributed by atoms with van der Waals surface area (Å²) in [6, 6.07) is 5.91. The van der Waals surface area contributed by atoms with E-state index in [0.717, 1.165) is 29.4 Å². The second kappa shape index (κ2) is 5.48. The number of fused-ring (bicyclic) bond motifs is 1. The largest absolute Gasteiger partial charge is 0.352 e. The minimum Gasteiger partial charge on any atom is -0.352 e. The van der Waals surface area contributed by atoms with E-state index in [4.69, 9.17) is 0 Å². The number of carbonyl (C=O) groups excluding carboxylic acids is 1. The first kappa shape index (κ1) is 12.3. The van der Waals surface area contributed by atoms with Gasteiger partial charge in [0, 0.05) is 13.0 Å². The minimum absolute atomic E-state index is 0.119. The quantitative estimate of drug-likeness (QED) is 0.871. The summed E-state index contributed by atoms with van der Waals surface area (Å²) in [5.74, 6) is 0.540. The number of allylic oxidation sites excluding steroid dienone is 2. The van der Waals surface area contributed by atoms with E-state index in [1.165, 1.54) is 11.7 Å². The van der Waals surface area contributed by atoms with Crippen molar-refractivity contribution in [1.82, 2.24) is 14.1 Å². The zero-order valence-corrected chi connectivity index (χ0v) is 11.3. The van der Waals surface area contributed by atoms with Crippen LogP contribution in [0.2, 0.25) is 0 Å². The highest BCUT2D eigenvalue weighted by Gasteiger charge is 2.13. The maximum atomic E-state index is 11.8. The Bertz CT molecular complexity index is 620. The van der Waals surface area contributed by atoms with Gasteiger partial charge in [-0.1, -0.05) is 18.2 Å². The van der Waals surface area contributed by atoms with Gasteiger partial charge in [0.2, 0.25) is 5.91 Å². The molecule has 1 N–H and O–H groups in total. The Balaban J connectivity index is 1.55. The minimum atomic E-state index is 0.119. The zero-order valence-electron chi connectivity index (χ0n) is 10.5. The van der Waals surface area contributed by atoms with E-state index in [9.17, 15) is 4.79 Å². The summed E-state index contributed by atoms with van der Waals surface area (Å²) in [5.41, 5.74) is 2.88. The van der Waals surface area contributed by atoms with Crippen LogP contribution in [0.3, 0.4) is 0 Å². The van der Waals surface area contributed by atoms with Crippen LogP contribution in [0.5, 0.6) is 0 Å². The van der Waals surface area contributed by atoms with Gasteiger partial charge in [-0.05, 0) is 36.5 Å². The van der Waals surface area contributed by atoms with Crippen LogP contribution in [0.25, 0.3) is 11.0 Å². The maximum absolute atomic E-state index is 11.8. The fourth-order valence-corrected chi connectivity index (χ4v) is 2.83. The molecule has 2 aromatic rings. The SMILES string of the molecule is O=C(C[C@@H]1C=CCC1)NCc1ccc2nsnc2c1. The van der Waals surface area contributed by atoms with Crippen molar-refractivity contribution in [1.29, 1.82) is 0 Å². The highest BCUT2D eigenvalue weighted by molar-refractivity contribution is 7.00. The van der Waals surface area contributed by atoms with Crippen molar-refractivity contribution >= 4 is 28.7 Å². The van der Waals surface area contributed by atoms with Crippen molar-refractivity contribution in [2.45, 2.75) is 25.8 Å². The van der Waals surface area contributed by atoms with Crippen LogP contribution in [0.15, 0.2) is 30.4 Å². The van der Waals surface area contributed by atoms with E-state index >= 15 is 0 Å². The molecule has 0 saturated heterocycles. The van der Waals surface area contributed by atoms with Gasteiger partial charge < -0.3 is 5.32 Å². The van der Waals surface area contributed by atoms with Gasteiger partial charge in [0.25, 0.3) is 0 Å². The standard InChI is InChI=1S/C14H15N3OS/c18-14(8-10-3-1-2-4-10)15-9-11-5-6-12-13(7-11)17-19-16-12/h1,3,5-7,10H,2,4,8-9H2,(H,15,18)/t10-/m1/s1. The molecule has 1 atom stereocenters. The van der Waals surface area contributed by atoms with Gasteiger partial charge in [-0.2, -0.15) is 8.75 Å². The molecule has 4 nitrogen and oxygen atoms in total. The van der Waals surface area contributed by atoms with Gasteiger partial charge in [-0.25, -0.2) is 0 Å². The molecule has 98 valence electrons. The molecule has 5 heteroatoms. The molecule has 0 saturated carbocycles. The monoisotopic (exact) mass is 273 g/mol. The van der Waals surface area contributed by atoms with Gasteiger partial charge in [-0.15, -0.1) is 0 Å². The Morgan fingerprint density at radius 2 is 2.26 bits per heavy atom. The van der Waals surface area contributed by atoms with Crippen molar-refractivity contribution in [3.63, 3.8) is 0 Å². The van der Waals surface area contributed by atoms with Crippen LogP contribution < -0.4 is 5.32 Å². The molecule has 19 heavy (non-hydrogen) atoms. The average Bonchev–Trinajstić information content (AvgIpc) is 3.06. The van der Waals surface area contributed by atoms with Crippen molar-refractivity contribution in [3.05, 3.63) is 35.9 Å². The van der Waals surface area contributed by atoms with Gasteiger partial charge in [0.05, 0.1) is 11.7 Å². The van der Waals surface area contributed by atoms with E-state index in [-0.39, 0.29) is 5.91 Å². The lowest BCUT2D eigenvalue weighted by atomic mass is 10.1. The fraction of sp³-hybridized carbons (Fsp3) is 0.357. The number of amides is 1. The summed E-state index contributed by atoms with van der Waals surface area (Å²) in [7, 11) is 0. The van der Waals surface area contributed by atoms with Crippen LogP contribution in [-0.2, 0) is 11.3 Å². The van der Waals surface area contributed by atoms with Gasteiger partial charge >= 0.3 is 0 Å². The summed E-state index contributed by atoms with van der Waals surface area (Å²) in [5, 5.41) is 2.97. The first-order valence-corrected chi connectivity index (χ1v) is 7.19. The van der Waals surface area contributed by atoms with E-state index in [1.807, 2.05) is 18.2 Å². The van der Waals surface area contributed by atoms with Gasteiger partial charge in [0.1, 0.15) is 11.0 Å². The van der Waals surface area contributed by atoms with Crippen molar-refractivity contribution < 1.29 is 4.79 Å². The molecule has 1 aliphatic rings. The first-order valence-electron chi connectivity index (χ1n) is 6.46. The molecule has 3 rings (SSSR count). The molecule has 0 aliphatic heterocycles. The third-order valence-electron chi connectivity index (χ3n) is 3.37. The van der Waals surface area contributed by atoms with Gasteiger partial charge in [0.15, 0.2) is 0 Å². The Morgan fingerprint density at radius 3 is 3.11 bits per heavy atom. The molecule has 1 aromatic carbocycles.